The first-order chi connectivity index (χ1) is 24.9. The minimum Gasteiger partial charge on any atom is -0.508 e. The van der Waals surface area contributed by atoms with E-state index in [4.69, 9.17) is 15.2 Å². The molecule has 0 saturated carbocycles. The van der Waals surface area contributed by atoms with Gasteiger partial charge in [-0.1, -0.05) is 51.9 Å². The van der Waals surface area contributed by atoms with E-state index in [1.807, 2.05) is 43.3 Å². The van der Waals surface area contributed by atoms with Crippen molar-refractivity contribution < 1.29 is 42.8 Å². The van der Waals surface area contributed by atoms with Crippen LogP contribution in [0, 0.1) is 0 Å². The van der Waals surface area contributed by atoms with E-state index in [0.717, 1.165) is 22.2 Å². The molecule has 0 bridgehead atoms. The molecule has 15 heteroatoms. The highest BCUT2D eigenvalue weighted by molar-refractivity contribution is 8.76. The smallest absolute Gasteiger partial charge is 0.340 e. The van der Waals surface area contributed by atoms with Gasteiger partial charge in [-0.25, -0.2) is 22.7 Å². The lowest BCUT2D eigenvalue weighted by molar-refractivity contribution is 0.0224. The number of rotatable bonds is 10. The fourth-order valence-corrected chi connectivity index (χ4v) is 9.33. The van der Waals surface area contributed by atoms with Gasteiger partial charge in [0.2, 0.25) is 10.0 Å². The number of carbonyl (C=O) groups excluding carboxylic acids is 1. The Bertz CT molecular complexity index is 2250. The molecule has 6 N–H and O–H groups in total. The van der Waals surface area contributed by atoms with Crippen LogP contribution in [0.5, 0.6) is 23.0 Å². The predicted octanol–water partition coefficient (Wildman–Crippen LogP) is 5.89. The van der Waals surface area contributed by atoms with Crippen molar-refractivity contribution in [2.75, 3.05) is 43.6 Å². The number of nitrogens with one attached hydrogen (secondary N) is 1. The molecular weight excluding hydrogens is 727 g/mol. The molecule has 0 unspecified atom stereocenters. The quantitative estimate of drug-likeness (QED) is 0.0645. The molecule has 0 saturated heterocycles. The predicted molar refractivity (Wildman–Crippen MR) is 202 cm³/mol. The van der Waals surface area contributed by atoms with Crippen LogP contribution in [0.2, 0.25) is 0 Å². The van der Waals surface area contributed by atoms with Gasteiger partial charge in [0.05, 0.1) is 16.0 Å². The number of nitrogens with zero attached hydrogens (tertiary/aromatic N) is 1. The minimum atomic E-state index is -3.54. The van der Waals surface area contributed by atoms with Gasteiger partial charge >= 0.3 is 11.9 Å². The van der Waals surface area contributed by atoms with Crippen LogP contribution in [0.1, 0.15) is 37.4 Å². The maximum Gasteiger partial charge on any atom is 0.340 e. The van der Waals surface area contributed by atoms with Gasteiger partial charge in [0.25, 0.3) is 0 Å². The third-order valence-electron chi connectivity index (χ3n) is 8.41. The average molecular weight is 762 g/mol. The number of phenols is 2. The highest BCUT2D eigenvalue weighted by atomic mass is 33.1. The second-order valence-electron chi connectivity index (χ2n) is 12.0. The topological polar surface area (TPSA) is 189 Å². The van der Waals surface area contributed by atoms with Crippen LogP contribution in [0.3, 0.4) is 0 Å². The molecule has 5 aromatic rings. The number of fused-ring (bicyclic) bond motifs is 7. The maximum atomic E-state index is 12.7. The number of aromatic carboxylic acids is 1. The van der Waals surface area contributed by atoms with Crippen molar-refractivity contribution in [3.63, 3.8) is 0 Å². The Morgan fingerprint density at radius 1 is 0.846 bits per heavy atom. The number of carbonyl (C=O) groups is 2. The molecule has 2 aliphatic heterocycles. The summed E-state index contributed by atoms with van der Waals surface area (Å²) in [4.78, 5) is 26.3. The lowest BCUT2D eigenvalue weighted by Gasteiger charge is -2.36. The summed E-state index contributed by atoms with van der Waals surface area (Å²) in [5, 5.41) is 30.6. The molecule has 7 rings (SSSR count). The first-order valence-electron chi connectivity index (χ1n) is 16.0. The van der Waals surface area contributed by atoms with E-state index in [2.05, 4.69) is 4.72 Å². The molecule has 0 amide bonds. The molecule has 2 aliphatic rings. The van der Waals surface area contributed by atoms with E-state index < -0.39 is 27.6 Å². The zero-order valence-corrected chi connectivity index (χ0v) is 30.5. The van der Waals surface area contributed by atoms with Crippen molar-refractivity contribution in [3.05, 3.63) is 119 Å². The normalized spacial score (nSPS) is 13.6. The summed E-state index contributed by atoms with van der Waals surface area (Å²) in [5.41, 5.74) is 6.58. The van der Waals surface area contributed by atoms with Crippen molar-refractivity contribution in [1.29, 1.82) is 0 Å². The monoisotopic (exact) mass is 761 g/mol. The van der Waals surface area contributed by atoms with Crippen LogP contribution < -0.4 is 20.1 Å². The van der Waals surface area contributed by atoms with Gasteiger partial charge in [0.15, 0.2) is 5.60 Å². The number of benzene rings is 5. The van der Waals surface area contributed by atoms with Crippen LogP contribution >= 0.6 is 21.6 Å². The van der Waals surface area contributed by atoms with Gasteiger partial charge in [-0.3, -0.25) is 0 Å². The van der Waals surface area contributed by atoms with E-state index in [-0.39, 0.29) is 34.1 Å². The van der Waals surface area contributed by atoms with Crippen molar-refractivity contribution in [2.24, 2.45) is 5.73 Å². The van der Waals surface area contributed by atoms with Gasteiger partial charge < -0.3 is 35.4 Å². The SMILES string of the molecule is CN(C)c1cccc2c(S(=O)(=O)NCCSSCCN)cccc12.O=C(O)c1ccc2c(c1)C(=O)OC21c2ccc(O)cc2Oc2cc(O)ccc21. The average Bonchev–Trinajstić information content (AvgIpc) is 3.40. The lowest BCUT2D eigenvalue weighted by atomic mass is 9.77. The Morgan fingerprint density at radius 2 is 1.46 bits per heavy atom. The highest BCUT2D eigenvalue weighted by Gasteiger charge is 2.53. The molecule has 0 atom stereocenters. The van der Waals surface area contributed by atoms with Gasteiger partial charge in [-0.2, -0.15) is 0 Å². The molecule has 12 nitrogen and oxygen atoms in total. The van der Waals surface area contributed by atoms with E-state index in [1.54, 1.807) is 51.9 Å². The Morgan fingerprint density at radius 3 is 2.10 bits per heavy atom. The zero-order chi connectivity index (χ0) is 37.2. The number of nitrogens with two attached hydrogens (primary N) is 1. The van der Waals surface area contributed by atoms with Gasteiger partial charge in [0, 0.05) is 84.0 Å². The summed E-state index contributed by atoms with van der Waals surface area (Å²) >= 11 is 0. The minimum absolute atomic E-state index is 0.0309. The Hall–Kier alpha value is -4.93. The number of esters is 1. The summed E-state index contributed by atoms with van der Waals surface area (Å²) < 4.78 is 39.7. The van der Waals surface area contributed by atoms with E-state index >= 15 is 0 Å². The molecule has 52 heavy (non-hydrogen) atoms. The molecule has 0 fully saturated rings. The standard InChI is InChI=1S/C21H12O7.C16H23N3O2S3/c22-11-2-5-15-17(8-11)27-18-9-12(23)3-6-16(18)21(15)14-4-1-10(19(24)25)7-13(14)20(26)28-21;1-19(2)15-7-3-6-14-13(15)5-4-8-16(14)24(20,21)18-10-12-23-22-11-9-17/h1-9,22-23H,(H,24,25);3-8,18H,9-12,17H2,1-2H3. The second kappa shape index (κ2) is 15.0. The summed E-state index contributed by atoms with van der Waals surface area (Å²) in [7, 11) is 3.65. The van der Waals surface area contributed by atoms with Crippen molar-refractivity contribution in [3.8, 4) is 23.0 Å². The number of aromatic hydroxyl groups is 2. The van der Waals surface area contributed by atoms with Gasteiger partial charge in [0.1, 0.15) is 23.0 Å². The highest BCUT2D eigenvalue weighted by Crippen LogP contribution is 2.57. The van der Waals surface area contributed by atoms with Crippen LogP contribution in [0.15, 0.2) is 95.9 Å². The largest absolute Gasteiger partial charge is 0.508 e. The lowest BCUT2D eigenvalue weighted by Crippen LogP contribution is -2.32. The number of hydrogen-bond donors (Lipinski definition) is 5. The molecule has 0 radical (unpaired) electrons. The number of phenolic OH excluding ortho intramolecular Hbond substituents is 2. The van der Waals surface area contributed by atoms with Crippen LogP contribution in [0.25, 0.3) is 10.8 Å². The number of anilines is 1. The third-order valence-corrected chi connectivity index (χ3v) is 12.4. The van der Waals surface area contributed by atoms with Crippen molar-refractivity contribution in [2.45, 2.75) is 10.5 Å². The Kier molecular flexibility index (Phi) is 10.6. The molecular formula is C37H35N3O9S3. The number of carboxylic acids is 1. The van der Waals surface area contributed by atoms with Crippen LogP contribution in [-0.4, -0.2) is 74.4 Å². The molecule has 0 aromatic heterocycles. The zero-order valence-electron chi connectivity index (χ0n) is 28.0. The van der Waals surface area contributed by atoms with Crippen molar-refractivity contribution >= 4 is 60.0 Å². The van der Waals surface area contributed by atoms with Crippen molar-refractivity contribution in [1.82, 2.24) is 4.72 Å². The number of sulfonamides is 1. The second-order valence-corrected chi connectivity index (χ2v) is 16.4. The summed E-state index contributed by atoms with van der Waals surface area (Å²) in [6, 6.07) is 24.2. The van der Waals surface area contributed by atoms with Crippen LogP contribution in [-0.2, 0) is 20.4 Å². The summed E-state index contributed by atoms with van der Waals surface area (Å²) in [5.74, 6) is 0.206. The van der Waals surface area contributed by atoms with E-state index in [1.165, 1.54) is 36.4 Å². The molecule has 5 aromatic carbocycles. The number of hydrogen-bond acceptors (Lipinski definition) is 12. The van der Waals surface area contributed by atoms with E-state index in [9.17, 15) is 33.3 Å². The van der Waals surface area contributed by atoms with Crippen LogP contribution in [0.4, 0.5) is 5.69 Å². The number of carboxylic acid groups (broad SMARTS) is 1. The molecule has 270 valence electrons. The molecule has 0 aliphatic carbocycles. The Labute approximate surface area is 308 Å². The number of ether oxygens (including phenoxy) is 2. The van der Waals surface area contributed by atoms with Gasteiger partial charge in [-0.15, -0.1) is 0 Å². The molecule has 2 heterocycles. The maximum absolute atomic E-state index is 12.7. The Balaban J connectivity index is 0.000000181. The third kappa shape index (κ3) is 6.97. The first kappa shape index (κ1) is 36.8. The fraction of sp³-hybridized carbons (Fsp3) is 0.189. The van der Waals surface area contributed by atoms with E-state index in [0.29, 0.717) is 40.4 Å². The summed E-state index contributed by atoms with van der Waals surface area (Å²) in [6.07, 6.45) is 0. The molecule has 1 spiro atoms. The first-order valence-corrected chi connectivity index (χ1v) is 19.9. The van der Waals surface area contributed by atoms with Gasteiger partial charge in [-0.05, 0) is 48.5 Å². The fourth-order valence-electron chi connectivity index (χ4n) is 6.19. The summed E-state index contributed by atoms with van der Waals surface area (Å²) in [6.45, 7) is 1.03.